The van der Waals surface area contributed by atoms with Gasteiger partial charge in [0.05, 0.1) is 0 Å². The molecular weight excluding hydrogens is 454 g/mol. The highest BCUT2D eigenvalue weighted by Crippen LogP contribution is 2.41. The van der Waals surface area contributed by atoms with E-state index in [9.17, 15) is 9.59 Å². The second-order valence-electron chi connectivity index (χ2n) is 9.82. The van der Waals surface area contributed by atoms with Gasteiger partial charge in [0.2, 0.25) is 0 Å². The van der Waals surface area contributed by atoms with Gasteiger partial charge >= 0.3 is 6.09 Å². The first kappa shape index (κ1) is 23.5. The summed E-state index contributed by atoms with van der Waals surface area (Å²) >= 11 is 3.45. The Morgan fingerprint density at radius 3 is 2.16 bits per heavy atom. The smallest absolute Gasteiger partial charge is 0.410 e. The first-order chi connectivity index (χ1) is 14.6. The third-order valence-electron chi connectivity index (χ3n) is 5.97. The standard InChI is InChI=1S/C26H32BrNO3/c1-25(2,3)31-24(30)28-16-14-26(4,15-17-28)18-22(19-8-6-5-7-9-19)23(29)20-10-12-21(27)13-11-20/h5-13,22H,14-18H2,1-4H3. The van der Waals surface area contributed by atoms with Gasteiger partial charge in [0.1, 0.15) is 5.60 Å². The fourth-order valence-electron chi connectivity index (χ4n) is 4.12. The molecule has 1 heterocycles. The molecule has 2 aromatic rings. The van der Waals surface area contributed by atoms with Gasteiger partial charge < -0.3 is 9.64 Å². The molecule has 1 unspecified atom stereocenters. The average Bonchev–Trinajstić information content (AvgIpc) is 2.72. The Bertz CT molecular complexity index is 894. The zero-order chi connectivity index (χ0) is 22.6. The van der Waals surface area contributed by atoms with Crippen molar-refractivity contribution in [1.29, 1.82) is 0 Å². The first-order valence-corrected chi connectivity index (χ1v) is 11.7. The van der Waals surface area contributed by atoms with Gasteiger partial charge in [0.25, 0.3) is 0 Å². The zero-order valence-electron chi connectivity index (χ0n) is 18.9. The zero-order valence-corrected chi connectivity index (χ0v) is 20.4. The van der Waals surface area contributed by atoms with Crippen LogP contribution in [0.25, 0.3) is 0 Å². The van der Waals surface area contributed by atoms with E-state index in [0.717, 1.165) is 34.9 Å². The Kier molecular flexibility index (Phi) is 7.25. The lowest BCUT2D eigenvalue weighted by atomic mass is 9.70. The topological polar surface area (TPSA) is 46.6 Å². The van der Waals surface area contributed by atoms with Crippen molar-refractivity contribution in [1.82, 2.24) is 4.90 Å². The Balaban J connectivity index is 1.75. The molecule has 31 heavy (non-hydrogen) atoms. The van der Waals surface area contributed by atoms with E-state index in [0.29, 0.717) is 13.1 Å². The third kappa shape index (κ3) is 6.42. The minimum atomic E-state index is -0.493. The van der Waals surface area contributed by atoms with Crippen LogP contribution in [0.1, 0.15) is 68.8 Å². The molecule has 1 atom stereocenters. The highest BCUT2D eigenvalue weighted by molar-refractivity contribution is 9.10. The van der Waals surface area contributed by atoms with E-state index in [1.807, 2.05) is 75.4 Å². The fourth-order valence-corrected chi connectivity index (χ4v) is 4.38. The molecular formula is C26H32BrNO3. The van der Waals surface area contributed by atoms with Crippen molar-refractivity contribution in [3.8, 4) is 0 Å². The number of nitrogens with zero attached hydrogens (tertiary/aromatic N) is 1. The summed E-state index contributed by atoms with van der Waals surface area (Å²) in [4.78, 5) is 27.7. The highest BCUT2D eigenvalue weighted by atomic mass is 79.9. The molecule has 0 N–H and O–H groups in total. The molecule has 2 aromatic carbocycles. The number of ether oxygens (including phenoxy) is 1. The van der Waals surface area contributed by atoms with E-state index in [4.69, 9.17) is 4.74 Å². The number of ketones is 1. The largest absolute Gasteiger partial charge is 0.444 e. The molecule has 1 aliphatic rings. The molecule has 0 saturated carbocycles. The molecule has 4 nitrogen and oxygen atoms in total. The van der Waals surface area contributed by atoms with Crippen LogP contribution in [-0.4, -0.2) is 35.5 Å². The molecule has 0 bridgehead atoms. The number of carbonyl (C=O) groups is 2. The van der Waals surface area contributed by atoms with Gasteiger partial charge in [-0.25, -0.2) is 4.79 Å². The van der Waals surface area contributed by atoms with E-state index in [1.54, 1.807) is 4.90 Å². The molecule has 0 radical (unpaired) electrons. The molecule has 1 aliphatic heterocycles. The summed E-state index contributed by atoms with van der Waals surface area (Å²) in [6, 6.07) is 17.6. The van der Waals surface area contributed by atoms with Gasteiger partial charge in [0, 0.05) is 29.0 Å². The van der Waals surface area contributed by atoms with Crippen LogP contribution in [0, 0.1) is 5.41 Å². The van der Waals surface area contributed by atoms with Crippen molar-refractivity contribution in [2.24, 2.45) is 5.41 Å². The molecule has 1 amide bonds. The second-order valence-corrected chi connectivity index (χ2v) is 10.7. The lowest BCUT2D eigenvalue weighted by molar-refractivity contribution is 0.0102. The number of hydrogen-bond acceptors (Lipinski definition) is 3. The first-order valence-electron chi connectivity index (χ1n) is 10.9. The van der Waals surface area contributed by atoms with Crippen LogP contribution in [0.5, 0.6) is 0 Å². The number of carbonyl (C=O) groups excluding carboxylic acids is 2. The highest BCUT2D eigenvalue weighted by Gasteiger charge is 2.37. The van der Waals surface area contributed by atoms with E-state index >= 15 is 0 Å². The van der Waals surface area contributed by atoms with Crippen LogP contribution in [0.3, 0.4) is 0 Å². The summed E-state index contributed by atoms with van der Waals surface area (Å²) in [6.45, 7) is 9.20. The van der Waals surface area contributed by atoms with Crippen molar-refractivity contribution in [2.45, 2.75) is 58.5 Å². The third-order valence-corrected chi connectivity index (χ3v) is 6.50. The van der Waals surface area contributed by atoms with Gasteiger partial charge in [0.15, 0.2) is 5.78 Å². The summed E-state index contributed by atoms with van der Waals surface area (Å²) in [5.74, 6) is -0.0602. The Morgan fingerprint density at radius 1 is 1.03 bits per heavy atom. The second kappa shape index (κ2) is 9.56. The molecule has 0 aliphatic carbocycles. The predicted octanol–water partition coefficient (Wildman–Crippen LogP) is 6.84. The van der Waals surface area contributed by atoms with Crippen LogP contribution >= 0.6 is 15.9 Å². The molecule has 1 saturated heterocycles. The summed E-state index contributed by atoms with van der Waals surface area (Å²) < 4.78 is 6.49. The Labute approximate surface area is 194 Å². The maximum Gasteiger partial charge on any atom is 0.410 e. The van der Waals surface area contributed by atoms with Gasteiger partial charge in [-0.05, 0) is 63.1 Å². The van der Waals surface area contributed by atoms with E-state index in [1.165, 1.54) is 0 Å². The van der Waals surface area contributed by atoms with Crippen LogP contribution in [0.15, 0.2) is 59.1 Å². The van der Waals surface area contributed by atoms with E-state index in [2.05, 4.69) is 22.9 Å². The minimum absolute atomic E-state index is 0.0238. The molecule has 3 rings (SSSR count). The Morgan fingerprint density at radius 2 is 1.61 bits per heavy atom. The van der Waals surface area contributed by atoms with Crippen molar-refractivity contribution >= 4 is 27.8 Å². The maximum absolute atomic E-state index is 13.5. The fraction of sp³-hybridized carbons (Fsp3) is 0.462. The summed E-state index contributed by atoms with van der Waals surface area (Å²) in [7, 11) is 0. The van der Waals surface area contributed by atoms with E-state index < -0.39 is 5.60 Å². The lowest BCUT2D eigenvalue weighted by Gasteiger charge is -2.41. The van der Waals surface area contributed by atoms with Crippen molar-refractivity contribution in [3.05, 3.63) is 70.2 Å². The molecule has 0 aromatic heterocycles. The predicted molar refractivity (Wildman–Crippen MR) is 127 cm³/mol. The number of Topliss-reactive ketones (excluding diaryl/α,β-unsaturated/α-hetero) is 1. The van der Waals surface area contributed by atoms with Gasteiger partial charge in [-0.3, -0.25) is 4.79 Å². The molecule has 1 fully saturated rings. The summed E-state index contributed by atoms with van der Waals surface area (Å²) in [5, 5.41) is 0. The van der Waals surface area contributed by atoms with Crippen LogP contribution in [-0.2, 0) is 4.74 Å². The SMILES string of the molecule is CC1(CC(C(=O)c2ccc(Br)cc2)c2ccccc2)CCN(C(=O)OC(C)(C)C)CC1. The monoisotopic (exact) mass is 485 g/mol. The van der Waals surface area contributed by atoms with Crippen LogP contribution < -0.4 is 0 Å². The number of amides is 1. The summed E-state index contributed by atoms with van der Waals surface area (Å²) in [6.07, 6.45) is 2.21. The molecule has 0 spiro atoms. The van der Waals surface area contributed by atoms with Crippen LogP contribution in [0.2, 0.25) is 0 Å². The number of benzene rings is 2. The van der Waals surface area contributed by atoms with E-state index in [-0.39, 0.29) is 23.2 Å². The normalized spacial score (nSPS) is 17.1. The van der Waals surface area contributed by atoms with Crippen LogP contribution in [0.4, 0.5) is 4.79 Å². The molecule has 166 valence electrons. The van der Waals surface area contributed by atoms with Gasteiger partial charge in [-0.1, -0.05) is 65.3 Å². The Hall–Kier alpha value is -2.14. The lowest BCUT2D eigenvalue weighted by Crippen LogP contribution is -2.45. The number of rotatable bonds is 5. The number of hydrogen-bond donors (Lipinski definition) is 0. The van der Waals surface area contributed by atoms with Gasteiger partial charge in [-0.15, -0.1) is 0 Å². The number of halogens is 1. The minimum Gasteiger partial charge on any atom is -0.444 e. The average molecular weight is 486 g/mol. The molecule has 5 heteroatoms. The number of likely N-dealkylation sites (tertiary alicyclic amines) is 1. The van der Waals surface area contributed by atoms with Gasteiger partial charge in [-0.2, -0.15) is 0 Å². The maximum atomic E-state index is 13.5. The van der Waals surface area contributed by atoms with Crippen molar-refractivity contribution in [3.63, 3.8) is 0 Å². The number of piperidine rings is 1. The van der Waals surface area contributed by atoms with Crippen molar-refractivity contribution < 1.29 is 14.3 Å². The quantitative estimate of drug-likeness (QED) is 0.435. The summed E-state index contributed by atoms with van der Waals surface area (Å²) in [5.41, 5.74) is 1.26. The van der Waals surface area contributed by atoms with Crippen molar-refractivity contribution in [2.75, 3.05) is 13.1 Å².